The molecule has 18 heavy (non-hydrogen) atoms. The molecule has 6 heteroatoms. The predicted molar refractivity (Wildman–Crippen MR) is 75.4 cm³/mol. The maximum absolute atomic E-state index is 11.3. The van der Waals surface area contributed by atoms with Crippen molar-refractivity contribution in [3.8, 4) is 0 Å². The van der Waals surface area contributed by atoms with E-state index in [4.69, 9.17) is 5.73 Å². The molecule has 0 saturated carbocycles. The zero-order chi connectivity index (χ0) is 13.4. The quantitative estimate of drug-likeness (QED) is 0.411. The van der Waals surface area contributed by atoms with E-state index in [1.807, 2.05) is 0 Å². The summed E-state index contributed by atoms with van der Waals surface area (Å²) >= 11 is 0. The van der Waals surface area contributed by atoms with Gasteiger partial charge in [0.1, 0.15) is 0 Å². The van der Waals surface area contributed by atoms with Gasteiger partial charge >= 0.3 is 0 Å². The van der Waals surface area contributed by atoms with Crippen LogP contribution in [0.2, 0.25) is 0 Å². The summed E-state index contributed by atoms with van der Waals surface area (Å²) in [5, 5.41) is 3.06. The van der Waals surface area contributed by atoms with Crippen molar-refractivity contribution in [1.29, 1.82) is 0 Å². The van der Waals surface area contributed by atoms with E-state index in [0.717, 1.165) is 19.4 Å². The van der Waals surface area contributed by atoms with Crippen LogP contribution in [0.15, 0.2) is 4.99 Å². The topological polar surface area (TPSA) is 84.5 Å². The van der Waals surface area contributed by atoms with Crippen LogP contribution in [0, 0.1) is 5.92 Å². The number of hydrogen-bond donors (Lipinski definition) is 2. The van der Waals surface area contributed by atoms with Gasteiger partial charge in [-0.2, -0.15) is 0 Å². The van der Waals surface area contributed by atoms with Crippen LogP contribution in [0.1, 0.15) is 39.0 Å². The van der Waals surface area contributed by atoms with Gasteiger partial charge in [0.05, 0.1) is 11.5 Å². The fourth-order valence-electron chi connectivity index (χ4n) is 2.07. The summed E-state index contributed by atoms with van der Waals surface area (Å²) in [6.45, 7) is 3.55. The fourth-order valence-corrected chi connectivity index (χ4v) is 3.92. The van der Waals surface area contributed by atoms with Crippen LogP contribution >= 0.6 is 0 Å². The number of sulfone groups is 1. The summed E-state index contributed by atoms with van der Waals surface area (Å²) in [5.74, 6) is 1.16. The number of guanidine groups is 1. The number of aliphatic imine (C=N–C) groups is 1. The van der Waals surface area contributed by atoms with Crippen molar-refractivity contribution in [3.63, 3.8) is 0 Å². The first-order valence-corrected chi connectivity index (χ1v) is 8.60. The zero-order valence-corrected chi connectivity index (χ0v) is 12.0. The lowest BCUT2D eigenvalue weighted by atomic mass is 10.1. The lowest BCUT2D eigenvalue weighted by Gasteiger charge is -2.07. The Morgan fingerprint density at radius 1 is 1.39 bits per heavy atom. The number of nitrogens with one attached hydrogen (secondary N) is 1. The lowest BCUT2D eigenvalue weighted by Crippen LogP contribution is -2.33. The van der Waals surface area contributed by atoms with Crippen molar-refractivity contribution < 1.29 is 8.42 Å². The number of unbranched alkanes of at least 4 members (excludes halogenated alkanes) is 3. The lowest BCUT2D eigenvalue weighted by molar-refractivity contribution is 0.590. The van der Waals surface area contributed by atoms with Crippen molar-refractivity contribution in [1.82, 2.24) is 5.32 Å². The molecule has 5 nitrogen and oxygen atoms in total. The van der Waals surface area contributed by atoms with E-state index >= 15 is 0 Å². The Balaban J connectivity index is 2.14. The van der Waals surface area contributed by atoms with E-state index in [0.29, 0.717) is 18.3 Å². The van der Waals surface area contributed by atoms with Gasteiger partial charge in [-0.05, 0) is 18.8 Å². The second kappa shape index (κ2) is 7.61. The van der Waals surface area contributed by atoms with Gasteiger partial charge in [-0.25, -0.2) is 8.42 Å². The first-order chi connectivity index (χ1) is 8.53. The van der Waals surface area contributed by atoms with E-state index in [2.05, 4.69) is 17.2 Å². The number of hydrogen-bond acceptors (Lipinski definition) is 3. The first-order valence-electron chi connectivity index (χ1n) is 6.77. The molecule has 0 bridgehead atoms. The summed E-state index contributed by atoms with van der Waals surface area (Å²) in [6.07, 6.45) is 5.49. The number of nitrogens with zero attached hydrogens (tertiary/aromatic N) is 1. The smallest absolute Gasteiger partial charge is 0.188 e. The Bertz CT molecular complexity index is 366. The summed E-state index contributed by atoms with van der Waals surface area (Å²) < 4.78 is 22.5. The molecule has 1 rings (SSSR count). The molecule has 0 aromatic carbocycles. The summed E-state index contributed by atoms with van der Waals surface area (Å²) in [7, 11) is -2.80. The van der Waals surface area contributed by atoms with E-state index in [-0.39, 0.29) is 11.7 Å². The molecule has 1 atom stereocenters. The largest absolute Gasteiger partial charge is 0.370 e. The van der Waals surface area contributed by atoms with Crippen molar-refractivity contribution >= 4 is 15.8 Å². The monoisotopic (exact) mass is 275 g/mol. The van der Waals surface area contributed by atoms with Gasteiger partial charge in [0.25, 0.3) is 0 Å². The highest BCUT2D eigenvalue weighted by atomic mass is 32.2. The van der Waals surface area contributed by atoms with Gasteiger partial charge in [-0.15, -0.1) is 0 Å². The molecule has 0 amide bonds. The van der Waals surface area contributed by atoms with Crippen LogP contribution < -0.4 is 11.1 Å². The van der Waals surface area contributed by atoms with Crippen LogP contribution in [0.3, 0.4) is 0 Å². The summed E-state index contributed by atoms with van der Waals surface area (Å²) in [5.41, 5.74) is 5.72. The van der Waals surface area contributed by atoms with E-state index in [9.17, 15) is 8.42 Å². The molecule has 106 valence electrons. The Morgan fingerprint density at radius 3 is 2.78 bits per heavy atom. The van der Waals surface area contributed by atoms with Crippen LogP contribution in [0.5, 0.6) is 0 Å². The molecule has 1 unspecified atom stereocenters. The SMILES string of the molecule is CCCCCCNC(N)=NCC1CCS(=O)(=O)C1. The fraction of sp³-hybridized carbons (Fsp3) is 0.917. The van der Waals surface area contributed by atoms with Gasteiger partial charge < -0.3 is 11.1 Å². The molecule has 3 N–H and O–H groups in total. The third kappa shape index (κ3) is 6.23. The van der Waals surface area contributed by atoms with Crippen LogP contribution in [0.25, 0.3) is 0 Å². The average molecular weight is 275 g/mol. The highest BCUT2D eigenvalue weighted by Gasteiger charge is 2.27. The standard InChI is InChI=1S/C12H25N3O2S/c1-2-3-4-5-7-14-12(13)15-9-11-6-8-18(16,17)10-11/h11H,2-10H2,1H3,(H3,13,14,15). The third-order valence-corrected chi connectivity index (χ3v) is 5.02. The highest BCUT2D eigenvalue weighted by molar-refractivity contribution is 7.91. The molecular weight excluding hydrogens is 250 g/mol. The maximum atomic E-state index is 11.3. The third-order valence-electron chi connectivity index (χ3n) is 3.18. The van der Waals surface area contributed by atoms with Crippen molar-refractivity contribution in [2.45, 2.75) is 39.0 Å². The second-order valence-electron chi connectivity index (χ2n) is 4.98. The van der Waals surface area contributed by atoms with Crippen molar-refractivity contribution in [2.75, 3.05) is 24.6 Å². The average Bonchev–Trinajstić information content (AvgIpc) is 2.66. The van der Waals surface area contributed by atoms with Gasteiger partial charge in [-0.1, -0.05) is 26.2 Å². The minimum Gasteiger partial charge on any atom is -0.370 e. The van der Waals surface area contributed by atoms with Gasteiger partial charge in [0, 0.05) is 13.1 Å². The Hall–Kier alpha value is -0.780. The molecule has 1 aliphatic heterocycles. The number of rotatable bonds is 7. The minimum absolute atomic E-state index is 0.149. The molecule has 0 aromatic rings. The summed E-state index contributed by atoms with van der Waals surface area (Å²) in [4.78, 5) is 4.21. The molecule has 1 heterocycles. The van der Waals surface area contributed by atoms with Crippen LogP contribution in [-0.4, -0.2) is 39.0 Å². The van der Waals surface area contributed by atoms with Crippen LogP contribution in [-0.2, 0) is 9.84 Å². The molecule has 0 spiro atoms. The molecule has 1 aliphatic rings. The number of nitrogens with two attached hydrogens (primary N) is 1. The minimum atomic E-state index is -2.80. The Labute approximate surface area is 110 Å². The molecule has 0 aromatic heterocycles. The predicted octanol–water partition coefficient (Wildman–Crippen LogP) is 0.906. The van der Waals surface area contributed by atoms with E-state index in [1.165, 1.54) is 19.3 Å². The van der Waals surface area contributed by atoms with Gasteiger partial charge in [-0.3, -0.25) is 4.99 Å². The summed E-state index contributed by atoms with van der Waals surface area (Å²) in [6, 6.07) is 0. The van der Waals surface area contributed by atoms with E-state index < -0.39 is 9.84 Å². The normalized spacial score (nSPS) is 23.2. The van der Waals surface area contributed by atoms with Crippen molar-refractivity contribution in [3.05, 3.63) is 0 Å². The van der Waals surface area contributed by atoms with Gasteiger partial charge in [0.2, 0.25) is 0 Å². The molecular formula is C12H25N3O2S. The zero-order valence-electron chi connectivity index (χ0n) is 11.2. The Morgan fingerprint density at radius 2 is 2.17 bits per heavy atom. The molecule has 0 radical (unpaired) electrons. The van der Waals surface area contributed by atoms with Crippen LogP contribution in [0.4, 0.5) is 0 Å². The highest BCUT2D eigenvalue weighted by Crippen LogP contribution is 2.18. The van der Waals surface area contributed by atoms with Gasteiger partial charge in [0.15, 0.2) is 15.8 Å². The first kappa shape index (κ1) is 15.3. The van der Waals surface area contributed by atoms with Crippen molar-refractivity contribution in [2.24, 2.45) is 16.6 Å². The molecule has 1 saturated heterocycles. The Kier molecular flexibility index (Phi) is 6.46. The second-order valence-corrected chi connectivity index (χ2v) is 7.21. The molecule has 1 fully saturated rings. The molecule has 0 aliphatic carbocycles. The van der Waals surface area contributed by atoms with E-state index in [1.54, 1.807) is 0 Å². The maximum Gasteiger partial charge on any atom is 0.188 e.